The lowest BCUT2D eigenvalue weighted by Crippen LogP contribution is -2.17. The van der Waals surface area contributed by atoms with Gasteiger partial charge in [0.05, 0.1) is 12.8 Å². The number of amides is 1. The summed E-state index contributed by atoms with van der Waals surface area (Å²) < 4.78 is 0.950. The van der Waals surface area contributed by atoms with Gasteiger partial charge in [-0.15, -0.1) is 10.2 Å². The van der Waals surface area contributed by atoms with Gasteiger partial charge in [-0.2, -0.15) is 9.90 Å². The molecule has 0 saturated carbocycles. The van der Waals surface area contributed by atoms with Crippen LogP contribution in [0.25, 0.3) is 11.4 Å². The number of carbonyl (C=O) groups excluding carboxylic acids is 1. The van der Waals surface area contributed by atoms with E-state index in [4.69, 9.17) is 0 Å². The van der Waals surface area contributed by atoms with Crippen molar-refractivity contribution in [1.29, 1.82) is 0 Å². The van der Waals surface area contributed by atoms with Gasteiger partial charge in [-0.3, -0.25) is 4.79 Å². The fourth-order valence-electron chi connectivity index (χ4n) is 2.75. The van der Waals surface area contributed by atoms with Crippen molar-refractivity contribution in [1.82, 2.24) is 25.6 Å². The number of carbonyl (C=O) groups is 1. The van der Waals surface area contributed by atoms with Crippen molar-refractivity contribution in [2.24, 2.45) is 5.10 Å². The molecule has 7 nitrogen and oxygen atoms in total. The van der Waals surface area contributed by atoms with E-state index in [1.54, 1.807) is 18.3 Å². The standard InChI is InChI=1S/C22H17BrN6O/c23-20-8-4-5-17(13-20)14-24-26-22(30)19-11-9-16(10-12-19)15-29-27-21(25-28-29)18-6-2-1-3-7-18/h1-14H,15H2,(H,26,30)/b24-14+. The minimum absolute atomic E-state index is 0.280. The third kappa shape index (κ3) is 5.03. The predicted molar refractivity (Wildman–Crippen MR) is 118 cm³/mol. The smallest absolute Gasteiger partial charge is 0.267 e. The van der Waals surface area contributed by atoms with Crippen LogP contribution in [0.4, 0.5) is 0 Å². The van der Waals surface area contributed by atoms with E-state index < -0.39 is 0 Å². The molecule has 0 saturated heterocycles. The summed E-state index contributed by atoms with van der Waals surface area (Å²) in [4.78, 5) is 13.8. The summed E-state index contributed by atoms with van der Waals surface area (Å²) in [5.41, 5.74) is 5.81. The molecule has 148 valence electrons. The lowest BCUT2D eigenvalue weighted by molar-refractivity contribution is 0.0955. The zero-order valence-electron chi connectivity index (χ0n) is 15.8. The maximum absolute atomic E-state index is 12.3. The van der Waals surface area contributed by atoms with E-state index >= 15 is 0 Å². The van der Waals surface area contributed by atoms with Crippen LogP contribution in [0.5, 0.6) is 0 Å². The molecule has 0 aliphatic heterocycles. The predicted octanol–water partition coefficient (Wildman–Crippen LogP) is 3.91. The number of rotatable bonds is 6. The zero-order chi connectivity index (χ0) is 20.8. The van der Waals surface area contributed by atoms with E-state index in [9.17, 15) is 4.79 Å². The molecule has 1 heterocycles. The van der Waals surface area contributed by atoms with E-state index in [2.05, 4.69) is 41.9 Å². The van der Waals surface area contributed by atoms with Crippen LogP contribution < -0.4 is 5.43 Å². The second kappa shape index (κ2) is 9.23. The van der Waals surface area contributed by atoms with Crippen molar-refractivity contribution in [3.63, 3.8) is 0 Å². The van der Waals surface area contributed by atoms with Crippen LogP contribution in [0.2, 0.25) is 0 Å². The van der Waals surface area contributed by atoms with Gasteiger partial charge in [-0.05, 0) is 40.6 Å². The number of nitrogens with one attached hydrogen (secondary N) is 1. The minimum Gasteiger partial charge on any atom is -0.267 e. The van der Waals surface area contributed by atoms with Crippen LogP contribution in [0.1, 0.15) is 21.5 Å². The maximum Gasteiger partial charge on any atom is 0.271 e. The number of halogens is 1. The summed E-state index contributed by atoms with van der Waals surface area (Å²) in [7, 11) is 0. The van der Waals surface area contributed by atoms with Gasteiger partial charge >= 0.3 is 0 Å². The molecule has 1 N–H and O–H groups in total. The molecule has 4 aromatic rings. The molecule has 0 bridgehead atoms. The summed E-state index contributed by atoms with van der Waals surface area (Å²) >= 11 is 3.40. The van der Waals surface area contributed by atoms with Gasteiger partial charge < -0.3 is 0 Å². The van der Waals surface area contributed by atoms with Crippen molar-refractivity contribution in [3.8, 4) is 11.4 Å². The molecule has 4 rings (SSSR count). The molecule has 0 aliphatic rings. The Morgan fingerprint density at radius 3 is 2.60 bits per heavy atom. The third-order valence-corrected chi connectivity index (χ3v) is 4.75. The Balaban J connectivity index is 1.36. The first-order valence-electron chi connectivity index (χ1n) is 9.18. The highest BCUT2D eigenvalue weighted by Gasteiger charge is 2.07. The van der Waals surface area contributed by atoms with Gasteiger partial charge in [0.2, 0.25) is 5.82 Å². The first kappa shape index (κ1) is 19.7. The number of hydrazone groups is 1. The Hall–Kier alpha value is -3.65. The number of benzene rings is 3. The van der Waals surface area contributed by atoms with Crippen LogP contribution in [0.15, 0.2) is 88.4 Å². The van der Waals surface area contributed by atoms with Crippen molar-refractivity contribution in [3.05, 3.63) is 100 Å². The highest BCUT2D eigenvalue weighted by Crippen LogP contribution is 2.13. The molecular formula is C22H17BrN6O. The largest absolute Gasteiger partial charge is 0.271 e. The number of nitrogens with zero attached hydrogens (tertiary/aromatic N) is 5. The third-order valence-electron chi connectivity index (χ3n) is 4.25. The van der Waals surface area contributed by atoms with Gasteiger partial charge in [0.25, 0.3) is 5.91 Å². The van der Waals surface area contributed by atoms with Gasteiger partial charge in [0, 0.05) is 15.6 Å². The van der Waals surface area contributed by atoms with Gasteiger partial charge in [-0.25, -0.2) is 5.43 Å². The first-order valence-corrected chi connectivity index (χ1v) is 9.98. The summed E-state index contributed by atoms with van der Waals surface area (Å²) in [6.45, 7) is 0.461. The molecule has 0 aliphatic carbocycles. The Kier molecular flexibility index (Phi) is 6.05. The second-order valence-corrected chi connectivity index (χ2v) is 7.38. The van der Waals surface area contributed by atoms with Gasteiger partial charge in [0.15, 0.2) is 0 Å². The van der Waals surface area contributed by atoms with E-state index in [1.807, 2.05) is 66.7 Å². The van der Waals surface area contributed by atoms with Gasteiger partial charge in [-0.1, -0.05) is 70.5 Å². The molecule has 0 spiro atoms. The van der Waals surface area contributed by atoms with E-state index in [1.165, 1.54) is 4.80 Å². The highest BCUT2D eigenvalue weighted by atomic mass is 79.9. The molecule has 3 aromatic carbocycles. The molecule has 0 radical (unpaired) electrons. The Morgan fingerprint density at radius 1 is 1.03 bits per heavy atom. The number of hydrogen-bond acceptors (Lipinski definition) is 5. The fraction of sp³-hybridized carbons (Fsp3) is 0.0455. The molecular weight excluding hydrogens is 444 g/mol. The van der Waals surface area contributed by atoms with Crippen molar-refractivity contribution < 1.29 is 4.79 Å². The number of aromatic nitrogens is 4. The molecule has 30 heavy (non-hydrogen) atoms. The lowest BCUT2D eigenvalue weighted by Gasteiger charge is -2.03. The highest BCUT2D eigenvalue weighted by molar-refractivity contribution is 9.10. The average molecular weight is 461 g/mol. The second-order valence-electron chi connectivity index (χ2n) is 6.46. The van der Waals surface area contributed by atoms with E-state index in [0.717, 1.165) is 21.2 Å². The maximum atomic E-state index is 12.3. The minimum atomic E-state index is -0.280. The van der Waals surface area contributed by atoms with Crippen molar-refractivity contribution in [2.75, 3.05) is 0 Å². The number of tetrazole rings is 1. The average Bonchev–Trinajstić information content (AvgIpc) is 3.23. The molecule has 0 fully saturated rings. The summed E-state index contributed by atoms with van der Waals surface area (Å²) in [5.74, 6) is 0.299. The summed E-state index contributed by atoms with van der Waals surface area (Å²) in [6, 6.07) is 24.5. The van der Waals surface area contributed by atoms with Crippen LogP contribution in [0, 0.1) is 0 Å². The van der Waals surface area contributed by atoms with Crippen molar-refractivity contribution in [2.45, 2.75) is 6.54 Å². The van der Waals surface area contributed by atoms with Crippen LogP contribution in [0.3, 0.4) is 0 Å². The summed E-state index contributed by atoms with van der Waals surface area (Å²) in [5, 5.41) is 16.6. The Bertz CT molecular complexity index is 1170. The molecule has 1 amide bonds. The quantitative estimate of drug-likeness (QED) is 0.349. The molecule has 1 aromatic heterocycles. The normalized spacial score (nSPS) is 11.0. The molecule has 8 heteroatoms. The SMILES string of the molecule is O=C(N/N=C/c1cccc(Br)c1)c1ccc(Cn2nnc(-c3ccccc3)n2)cc1. The number of hydrogen-bond donors (Lipinski definition) is 1. The first-order chi connectivity index (χ1) is 14.7. The lowest BCUT2D eigenvalue weighted by atomic mass is 10.1. The Morgan fingerprint density at radius 2 is 1.83 bits per heavy atom. The van der Waals surface area contributed by atoms with E-state index in [-0.39, 0.29) is 5.91 Å². The van der Waals surface area contributed by atoms with Crippen LogP contribution in [-0.2, 0) is 6.54 Å². The van der Waals surface area contributed by atoms with Gasteiger partial charge in [0.1, 0.15) is 0 Å². The van der Waals surface area contributed by atoms with Crippen LogP contribution >= 0.6 is 15.9 Å². The topological polar surface area (TPSA) is 85.1 Å². The van der Waals surface area contributed by atoms with E-state index in [0.29, 0.717) is 17.9 Å². The Labute approximate surface area is 181 Å². The molecule has 0 unspecified atom stereocenters. The van der Waals surface area contributed by atoms with Crippen LogP contribution in [-0.4, -0.2) is 32.3 Å². The monoisotopic (exact) mass is 460 g/mol. The zero-order valence-corrected chi connectivity index (χ0v) is 17.4. The summed E-state index contributed by atoms with van der Waals surface area (Å²) in [6.07, 6.45) is 1.59. The fourth-order valence-corrected chi connectivity index (χ4v) is 3.17. The molecule has 0 atom stereocenters. The van der Waals surface area contributed by atoms with Crippen molar-refractivity contribution >= 4 is 28.1 Å².